The molecule has 8 heteroatoms. The smallest absolute Gasteiger partial charge is 0.231 e. The molecule has 4 aromatic rings. The highest BCUT2D eigenvalue weighted by molar-refractivity contribution is 5.98. The third kappa shape index (κ3) is 3.74. The molecule has 1 N–H and O–H groups in total. The van der Waals surface area contributed by atoms with Crippen LogP contribution in [-0.4, -0.2) is 31.0 Å². The maximum Gasteiger partial charge on any atom is 0.231 e. The van der Waals surface area contributed by atoms with Crippen LogP contribution in [0.5, 0.6) is 23.0 Å². The van der Waals surface area contributed by atoms with Crippen molar-refractivity contribution in [1.82, 2.24) is 9.97 Å². The first-order valence-corrected chi connectivity index (χ1v) is 10.3. The molecule has 0 saturated heterocycles. The van der Waals surface area contributed by atoms with Crippen molar-refractivity contribution in [2.75, 3.05) is 26.3 Å². The number of fused-ring (bicyclic) bond motifs is 2. The molecule has 1 aliphatic heterocycles. The molecule has 2 aromatic carbocycles. The highest BCUT2D eigenvalue weighted by atomic mass is 16.7. The first-order chi connectivity index (χ1) is 16.7. The molecule has 0 amide bonds. The van der Waals surface area contributed by atoms with E-state index in [-0.39, 0.29) is 6.79 Å². The molecule has 0 radical (unpaired) electrons. The van der Waals surface area contributed by atoms with Crippen LogP contribution in [0.25, 0.3) is 10.9 Å². The number of nitriles is 1. The topological polar surface area (TPSA) is 98.5 Å². The predicted octanol–water partition coefficient (Wildman–Crippen LogP) is 4.39. The van der Waals surface area contributed by atoms with Gasteiger partial charge >= 0.3 is 0 Å². The van der Waals surface area contributed by atoms with Gasteiger partial charge in [-0.05, 0) is 36.3 Å². The second-order valence-electron chi connectivity index (χ2n) is 7.20. The number of anilines is 2. The lowest BCUT2D eigenvalue weighted by molar-refractivity contribution is 0.174. The molecule has 34 heavy (non-hydrogen) atoms. The van der Waals surface area contributed by atoms with Crippen molar-refractivity contribution in [1.29, 1.82) is 5.26 Å². The molecule has 2 aromatic heterocycles. The summed E-state index contributed by atoms with van der Waals surface area (Å²) in [5, 5.41) is 13.8. The van der Waals surface area contributed by atoms with Gasteiger partial charge in [-0.15, -0.1) is 0 Å². The van der Waals surface area contributed by atoms with Gasteiger partial charge in [0.1, 0.15) is 11.8 Å². The van der Waals surface area contributed by atoms with E-state index >= 15 is 0 Å². The van der Waals surface area contributed by atoms with Gasteiger partial charge in [0.05, 0.1) is 42.2 Å². The third-order valence-corrected chi connectivity index (χ3v) is 5.26. The number of hydrogen-bond donors (Lipinski definition) is 1. The molecule has 0 spiro atoms. The molecule has 8 nitrogen and oxygen atoms in total. The van der Waals surface area contributed by atoms with E-state index in [0.29, 0.717) is 62.1 Å². The molecule has 3 heterocycles. The number of rotatable bonds is 4. The van der Waals surface area contributed by atoms with Crippen LogP contribution < -0.4 is 24.3 Å². The zero-order valence-corrected chi connectivity index (χ0v) is 18.4. The largest absolute Gasteiger partial charge is 0.493 e. The Balaban J connectivity index is 1.59. The number of methoxy groups -OCH3 is 2. The minimum absolute atomic E-state index is 0.0690. The fraction of sp³-hybridized carbons (Fsp3) is 0.115. The van der Waals surface area contributed by atoms with Crippen LogP contribution in [0.3, 0.4) is 0 Å². The van der Waals surface area contributed by atoms with Gasteiger partial charge in [0.2, 0.25) is 6.79 Å². The number of benzene rings is 2. The van der Waals surface area contributed by atoms with Crippen LogP contribution in [0, 0.1) is 23.2 Å². The van der Waals surface area contributed by atoms with E-state index in [1.165, 1.54) is 6.20 Å². The van der Waals surface area contributed by atoms with Gasteiger partial charge in [-0.2, -0.15) is 5.26 Å². The van der Waals surface area contributed by atoms with Crippen LogP contribution in [-0.2, 0) is 0 Å². The first-order valence-electron chi connectivity index (χ1n) is 10.3. The Morgan fingerprint density at radius 2 is 1.76 bits per heavy atom. The van der Waals surface area contributed by atoms with Crippen LogP contribution in [0.4, 0.5) is 11.4 Å². The molecule has 0 aliphatic carbocycles. The molecule has 5 rings (SSSR count). The highest BCUT2D eigenvalue weighted by Gasteiger charge is 2.23. The van der Waals surface area contributed by atoms with Gasteiger partial charge in [0.15, 0.2) is 23.0 Å². The molecular weight excluding hydrogens is 432 g/mol. The quantitative estimate of drug-likeness (QED) is 0.457. The number of ether oxygens (including phenoxy) is 4. The summed E-state index contributed by atoms with van der Waals surface area (Å²) in [6.45, 7) is 0.0690. The van der Waals surface area contributed by atoms with Crippen molar-refractivity contribution in [2.45, 2.75) is 0 Å². The predicted molar refractivity (Wildman–Crippen MR) is 126 cm³/mol. The second kappa shape index (κ2) is 8.89. The van der Waals surface area contributed by atoms with E-state index in [1.807, 2.05) is 30.3 Å². The van der Waals surface area contributed by atoms with E-state index in [9.17, 15) is 5.26 Å². The monoisotopic (exact) mass is 450 g/mol. The number of nitrogens with zero attached hydrogens (tertiary/aromatic N) is 3. The molecule has 0 bridgehead atoms. The number of pyridine rings is 2. The minimum atomic E-state index is 0.0690. The lowest BCUT2D eigenvalue weighted by Crippen LogP contribution is -2.00. The standard InChI is InChI=1S/C26H18N4O4/c1-31-22-11-19-21(12-23(22)32-2)29-14-17(13-27)24(19)30-20-9-7-16(25-26(20)34-15-33-25)6-8-18-5-3-4-10-28-18/h3-5,7,9-12,14H,15H2,1-2H3,(H,29,30). The fourth-order valence-electron chi connectivity index (χ4n) is 3.63. The summed E-state index contributed by atoms with van der Waals surface area (Å²) in [5.41, 5.74) is 3.55. The van der Waals surface area contributed by atoms with E-state index in [4.69, 9.17) is 18.9 Å². The van der Waals surface area contributed by atoms with Gasteiger partial charge in [0, 0.05) is 23.8 Å². The summed E-state index contributed by atoms with van der Waals surface area (Å²) in [6, 6.07) is 15.0. The van der Waals surface area contributed by atoms with Crippen LogP contribution in [0.15, 0.2) is 54.9 Å². The summed E-state index contributed by atoms with van der Waals surface area (Å²) in [7, 11) is 3.12. The zero-order valence-electron chi connectivity index (χ0n) is 18.4. The average molecular weight is 450 g/mol. The van der Waals surface area contributed by atoms with Gasteiger partial charge in [0.25, 0.3) is 0 Å². The van der Waals surface area contributed by atoms with Crippen molar-refractivity contribution in [2.24, 2.45) is 0 Å². The molecule has 1 aliphatic rings. The summed E-state index contributed by atoms with van der Waals surface area (Å²) < 4.78 is 22.3. The average Bonchev–Trinajstić information content (AvgIpc) is 3.39. The lowest BCUT2D eigenvalue weighted by atomic mass is 10.1. The summed E-state index contributed by atoms with van der Waals surface area (Å²) in [4.78, 5) is 8.62. The molecule has 0 unspecified atom stereocenters. The SMILES string of the molecule is COc1cc2ncc(C#N)c(Nc3ccc(C#Cc4ccccn4)c4c3OCO4)c2cc1OC. The zero-order chi connectivity index (χ0) is 23.5. The van der Waals surface area contributed by atoms with Crippen LogP contribution in [0.1, 0.15) is 16.8 Å². The van der Waals surface area contributed by atoms with Crippen LogP contribution >= 0.6 is 0 Å². The summed E-state index contributed by atoms with van der Waals surface area (Å²) in [6.07, 6.45) is 3.21. The van der Waals surface area contributed by atoms with Gasteiger partial charge in [-0.25, -0.2) is 4.98 Å². The molecular formula is C26H18N4O4. The minimum Gasteiger partial charge on any atom is -0.493 e. The summed E-state index contributed by atoms with van der Waals surface area (Å²) in [5.74, 6) is 8.25. The van der Waals surface area contributed by atoms with Crippen LogP contribution in [0.2, 0.25) is 0 Å². The van der Waals surface area contributed by atoms with E-state index in [1.54, 1.807) is 32.5 Å². The maximum absolute atomic E-state index is 9.73. The maximum atomic E-state index is 9.73. The van der Waals surface area contributed by atoms with Gasteiger partial charge < -0.3 is 24.3 Å². The first kappa shape index (κ1) is 20.9. The molecule has 166 valence electrons. The number of hydrogen-bond acceptors (Lipinski definition) is 8. The number of nitrogens with one attached hydrogen (secondary N) is 1. The normalized spacial score (nSPS) is 11.3. The Morgan fingerprint density at radius 3 is 2.53 bits per heavy atom. The van der Waals surface area contributed by atoms with Crippen molar-refractivity contribution in [3.05, 3.63) is 71.7 Å². The lowest BCUT2D eigenvalue weighted by Gasteiger charge is -2.15. The Hall–Kier alpha value is -4.95. The van der Waals surface area contributed by atoms with Crippen molar-refractivity contribution in [3.8, 4) is 40.9 Å². The van der Waals surface area contributed by atoms with Gasteiger partial charge in [-0.3, -0.25) is 4.98 Å². The number of aromatic nitrogens is 2. The Labute approximate surface area is 195 Å². The van der Waals surface area contributed by atoms with Gasteiger partial charge in [-0.1, -0.05) is 12.0 Å². The molecule has 0 atom stereocenters. The van der Waals surface area contributed by atoms with Crippen molar-refractivity contribution >= 4 is 22.3 Å². The highest BCUT2D eigenvalue weighted by Crippen LogP contribution is 2.44. The molecule has 0 fully saturated rings. The van der Waals surface area contributed by atoms with Crippen molar-refractivity contribution < 1.29 is 18.9 Å². The van der Waals surface area contributed by atoms with Crippen molar-refractivity contribution in [3.63, 3.8) is 0 Å². The van der Waals surface area contributed by atoms with E-state index < -0.39 is 0 Å². The molecule has 0 saturated carbocycles. The fourth-order valence-corrected chi connectivity index (χ4v) is 3.63. The Kier molecular flexibility index (Phi) is 5.47. The summed E-state index contributed by atoms with van der Waals surface area (Å²) >= 11 is 0. The third-order valence-electron chi connectivity index (χ3n) is 5.26. The van der Waals surface area contributed by atoms with E-state index in [0.717, 1.165) is 0 Å². The second-order valence-corrected chi connectivity index (χ2v) is 7.20. The Bertz CT molecular complexity index is 1500. The Morgan fingerprint density at radius 1 is 0.941 bits per heavy atom. The van der Waals surface area contributed by atoms with E-state index in [2.05, 4.69) is 33.2 Å².